The van der Waals surface area contributed by atoms with Crippen LogP contribution < -0.4 is 10.6 Å². The molecule has 0 radical (unpaired) electrons. The van der Waals surface area contributed by atoms with Crippen molar-refractivity contribution in [3.05, 3.63) is 65.5 Å². The normalized spacial score (nSPS) is 19.9. The Morgan fingerprint density at radius 2 is 2.00 bits per heavy atom. The molecule has 1 atom stereocenters. The quantitative estimate of drug-likeness (QED) is 0.771. The number of pyridine rings is 1. The number of rotatable bonds is 6. The van der Waals surface area contributed by atoms with Gasteiger partial charge in [-0.1, -0.05) is 30.3 Å². The molecule has 1 unspecified atom stereocenters. The van der Waals surface area contributed by atoms with Crippen LogP contribution in [0.2, 0.25) is 0 Å². The van der Waals surface area contributed by atoms with Gasteiger partial charge < -0.3 is 10.6 Å². The molecule has 0 aliphatic carbocycles. The highest BCUT2D eigenvalue weighted by atomic mass is 19.4. The number of nitrogens with one attached hydrogen (secondary N) is 2. The van der Waals surface area contributed by atoms with Crippen molar-refractivity contribution in [2.45, 2.75) is 38.0 Å². The van der Waals surface area contributed by atoms with Gasteiger partial charge in [-0.05, 0) is 31.0 Å². The molecule has 2 N–H and O–H groups in total. The molecule has 8 heteroatoms. The molecule has 1 saturated heterocycles. The monoisotopic (exact) mass is 406 g/mol. The molecule has 2 heterocycles. The Bertz CT molecular complexity index is 828. The SMILES string of the molecule is CC1(NC(=O)NCCc2cc(C(F)(F)F)ccn2)CCN(Cc2ccccc2)C1. The lowest BCUT2D eigenvalue weighted by atomic mass is 10.0. The number of hydrogen-bond donors (Lipinski definition) is 2. The topological polar surface area (TPSA) is 57.3 Å². The third kappa shape index (κ3) is 6.19. The highest BCUT2D eigenvalue weighted by Gasteiger charge is 2.35. The third-order valence-electron chi connectivity index (χ3n) is 5.03. The first kappa shape index (κ1) is 21.1. The highest BCUT2D eigenvalue weighted by molar-refractivity contribution is 5.74. The Morgan fingerprint density at radius 1 is 1.24 bits per heavy atom. The molecule has 1 aliphatic rings. The van der Waals surface area contributed by atoms with Crippen molar-refractivity contribution in [1.29, 1.82) is 0 Å². The van der Waals surface area contributed by atoms with Crippen molar-refractivity contribution in [2.75, 3.05) is 19.6 Å². The zero-order chi connectivity index (χ0) is 20.9. The third-order valence-corrected chi connectivity index (χ3v) is 5.03. The van der Waals surface area contributed by atoms with E-state index in [4.69, 9.17) is 0 Å². The molecule has 3 rings (SSSR count). The molecule has 1 aromatic carbocycles. The summed E-state index contributed by atoms with van der Waals surface area (Å²) in [5, 5.41) is 5.72. The van der Waals surface area contributed by atoms with Gasteiger partial charge in [-0.25, -0.2) is 4.79 Å². The summed E-state index contributed by atoms with van der Waals surface area (Å²) in [7, 11) is 0. The second-order valence-corrected chi connectivity index (χ2v) is 7.67. The summed E-state index contributed by atoms with van der Waals surface area (Å²) in [5.74, 6) is 0. The maximum atomic E-state index is 12.7. The van der Waals surface area contributed by atoms with Crippen LogP contribution in [0.4, 0.5) is 18.0 Å². The van der Waals surface area contributed by atoms with Gasteiger partial charge in [0.2, 0.25) is 0 Å². The van der Waals surface area contributed by atoms with E-state index >= 15 is 0 Å². The lowest BCUT2D eigenvalue weighted by Crippen LogP contribution is -2.52. The number of carbonyl (C=O) groups excluding carboxylic acids is 1. The number of likely N-dealkylation sites (tertiary alicyclic amines) is 1. The Balaban J connectivity index is 1.44. The van der Waals surface area contributed by atoms with Crippen LogP contribution in [-0.2, 0) is 19.1 Å². The van der Waals surface area contributed by atoms with E-state index in [1.807, 2.05) is 25.1 Å². The molecular weight excluding hydrogens is 381 g/mol. The van der Waals surface area contributed by atoms with Crippen LogP contribution in [-0.4, -0.2) is 41.1 Å². The predicted octanol–water partition coefficient (Wildman–Crippen LogP) is 3.61. The number of nitrogens with zero attached hydrogens (tertiary/aromatic N) is 2. The van der Waals surface area contributed by atoms with Crippen molar-refractivity contribution in [2.24, 2.45) is 0 Å². The van der Waals surface area contributed by atoms with Crippen molar-refractivity contribution in [3.8, 4) is 0 Å². The average Bonchev–Trinajstić information content (AvgIpc) is 3.02. The summed E-state index contributed by atoms with van der Waals surface area (Å²) in [4.78, 5) is 18.5. The van der Waals surface area contributed by atoms with Crippen LogP contribution in [0.5, 0.6) is 0 Å². The van der Waals surface area contributed by atoms with E-state index in [-0.39, 0.29) is 24.5 Å². The van der Waals surface area contributed by atoms with Gasteiger partial charge in [0.25, 0.3) is 0 Å². The molecule has 1 aliphatic heterocycles. The molecule has 2 aromatic rings. The zero-order valence-electron chi connectivity index (χ0n) is 16.3. The van der Waals surface area contributed by atoms with E-state index in [2.05, 4.69) is 32.7 Å². The standard InChI is InChI=1S/C21H25F3N4O/c1-20(9-12-28(15-20)14-16-5-3-2-4-6-16)27-19(29)26-11-8-18-13-17(7-10-25-18)21(22,23)24/h2-7,10,13H,8-9,11-12,14-15H2,1H3,(H2,26,27,29). The molecule has 5 nitrogen and oxygen atoms in total. The van der Waals surface area contributed by atoms with Gasteiger partial charge in [0.05, 0.1) is 11.1 Å². The molecule has 0 saturated carbocycles. The van der Waals surface area contributed by atoms with Crippen molar-refractivity contribution in [3.63, 3.8) is 0 Å². The smallest absolute Gasteiger partial charge is 0.338 e. The Kier molecular flexibility index (Phi) is 6.42. The van der Waals surface area contributed by atoms with Crippen LogP contribution in [0.3, 0.4) is 0 Å². The number of alkyl halides is 3. The number of hydrogen-bond acceptors (Lipinski definition) is 3. The maximum Gasteiger partial charge on any atom is 0.416 e. The van der Waals surface area contributed by atoms with Gasteiger partial charge in [-0.2, -0.15) is 13.2 Å². The number of halogens is 3. The van der Waals surface area contributed by atoms with E-state index in [0.29, 0.717) is 5.69 Å². The number of urea groups is 1. The molecule has 0 bridgehead atoms. The lowest BCUT2D eigenvalue weighted by molar-refractivity contribution is -0.137. The van der Waals surface area contributed by atoms with Gasteiger partial charge in [0, 0.05) is 44.5 Å². The highest BCUT2D eigenvalue weighted by Crippen LogP contribution is 2.29. The fourth-order valence-corrected chi connectivity index (χ4v) is 3.55. The number of carbonyl (C=O) groups is 1. The predicted molar refractivity (Wildman–Crippen MR) is 104 cm³/mol. The van der Waals surface area contributed by atoms with Crippen molar-refractivity contribution in [1.82, 2.24) is 20.5 Å². The molecule has 156 valence electrons. The summed E-state index contributed by atoms with van der Waals surface area (Å²) >= 11 is 0. The largest absolute Gasteiger partial charge is 0.416 e. The first-order valence-electron chi connectivity index (χ1n) is 9.58. The van der Waals surface area contributed by atoms with Crippen LogP contribution in [0.25, 0.3) is 0 Å². The minimum absolute atomic E-state index is 0.212. The van der Waals surface area contributed by atoms with Gasteiger partial charge in [-0.3, -0.25) is 9.88 Å². The molecular formula is C21H25F3N4O. The fourth-order valence-electron chi connectivity index (χ4n) is 3.55. The van der Waals surface area contributed by atoms with Gasteiger partial charge >= 0.3 is 12.2 Å². The number of benzene rings is 1. The number of amides is 2. The first-order valence-corrected chi connectivity index (χ1v) is 9.58. The molecule has 29 heavy (non-hydrogen) atoms. The van der Waals surface area contributed by atoms with Crippen LogP contribution in [0.1, 0.15) is 30.2 Å². The van der Waals surface area contributed by atoms with Crippen LogP contribution in [0, 0.1) is 0 Å². The minimum atomic E-state index is -4.40. The van der Waals surface area contributed by atoms with E-state index in [1.54, 1.807) is 0 Å². The second-order valence-electron chi connectivity index (χ2n) is 7.67. The molecule has 0 spiro atoms. The Labute approximate surface area is 168 Å². The summed E-state index contributed by atoms with van der Waals surface area (Å²) in [6.45, 7) is 4.68. The minimum Gasteiger partial charge on any atom is -0.338 e. The Hall–Kier alpha value is -2.61. The maximum absolute atomic E-state index is 12.7. The summed E-state index contributed by atoms with van der Waals surface area (Å²) in [5.41, 5.74) is 0.452. The molecule has 2 amide bonds. The average molecular weight is 406 g/mol. The van der Waals surface area contributed by atoms with Crippen LogP contribution >= 0.6 is 0 Å². The van der Waals surface area contributed by atoms with Gasteiger partial charge in [-0.15, -0.1) is 0 Å². The van der Waals surface area contributed by atoms with Crippen LogP contribution in [0.15, 0.2) is 48.7 Å². The van der Waals surface area contributed by atoms with Crippen molar-refractivity contribution < 1.29 is 18.0 Å². The fraction of sp³-hybridized carbons (Fsp3) is 0.429. The Morgan fingerprint density at radius 3 is 2.72 bits per heavy atom. The first-order chi connectivity index (χ1) is 13.7. The number of aromatic nitrogens is 1. The second kappa shape index (κ2) is 8.82. The van der Waals surface area contributed by atoms with E-state index < -0.39 is 11.7 Å². The van der Waals surface area contributed by atoms with E-state index in [0.717, 1.165) is 44.4 Å². The lowest BCUT2D eigenvalue weighted by Gasteiger charge is -2.26. The molecule has 1 aromatic heterocycles. The van der Waals surface area contributed by atoms with Gasteiger partial charge in [0.1, 0.15) is 0 Å². The van der Waals surface area contributed by atoms with Gasteiger partial charge in [0.15, 0.2) is 0 Å². The van der Waals surface area contributed by atoms with E-state index in [1.165, 1.54) is 5.56 Å². The van der Waals surface area contributed by atoms with E-state index in [9.17, 15) is 18.0 Å². The summed E-state index contributed by atoms with van der Waals surface area (Å²) in [6.07, 6.45) is -2.19. The van der Waals surface area contributed by atoms with Crippen molar-refractivity contribution >= 4 is 6.03 Å². The molecule has 1 fully saturated rings. The summed E-state index contributed by atoms with van der Waals surface area (Å²) < 4.78 is 38.2. The zero-order valence-corrected chi connectivity index (χ0v) is 16.3. The summed E-state index contributed by atoms with van der Waals surface area (Å²) in [6, 6.07) is 11.8.